The Balaban J connectivity index is 1.69. The van der Waals surface area contributed by atoms with E-state index in [-0.39, 0.29) is 17.3 Å². The molecule has 2 aromatic rings. The molecule has 0 fully saturated rings. The van der Waals surface area contributed by atoms with Gasteiger partial charge in [-0.25, -0.2) is 4.79 Å². The number of thioether (sulfide) groups is 1. The predicted octanol–water partition coefficient (Wildman–Crippen LogP) is 2.68. The van der Waals surface area contributed by atoms with Crippen LogP contribution >= 0.6 is 23.4 Å². The van der Waals surface area contributed by atoms with Gasteiger partial charge in [-0.05, 0) is 57.6 Å². The van der Waals surface area contributed by atoms with Crippen molar-refractivity contribution in [1.29, 1.82) is 0 Å². The van der Waals surface area contributed by atoms with Gasteiger partial charge in [0.05, 0.1) is 5.75 Å². The summed E-state index contributed by atoms with van der Waals surface area (Å²) in [6.07, 6.45) is 2.82. The fourth-order valence-corrected chi connectivity index (χ4v) is 4.10. The average Bonchev–Trinajstić information content (AvgIpc) is 3.10. The highest BCUT2D eigenvalue weighted by Gasteiger charge is 2.22. The maximum atomic E-state index is 12.5. The Morgan fingerprint density at radius 1 is 1.30 bits per heavy atom. The molecule has 0 radical (unpaired) electrons. The quantitative estimate of drug-likeness (QED) is 0.565. The lowest BCUT2D eigenvalue weighted by molar-refractivity contribution is -0.113. The van der Waals surface area contributed by atoms with Crippen LogP contribution in [0.4, 0.5) is 5.69 Å². The van der Waals surface area contributed by atoms with Gasteiger partial charge in [0.25, 0.3) is 0 Å². The van der Waals surface area contributed by atoms with E-state index < -0.39 is 0 Å². The molecule has 0 bridgehead atoms. The molecule has 3 rings (SSSR count). The van der Waals surface area contributed by atoms with Crippen molar-refractivity contribution in [3.8, 4) is 0 Å². The number of carbonyl (C=O) groups is 1. The maximum Gasteiger partial charge on any atom is 0.348 e. The smallest absolute Gasteiger partial charge is 0.325 e. The fourth-order valence-electron chi connectivity index (χ4n) is 3.10. The Morgan fingerprint density at radius 3 is 2.74 bits per heavy atom. The van der Waals surface area contributed by atoms with Crippen molar-refractivity contribution in [3.05, 3.63) is 51.0 Å². The van der Waals surface area contributed by atoms with Crippen LogP contribution in [-0.2, 0) is 24.2 Å². The summed E-state index contributed by atoms with van der Waals surface area (Å²) in [7, 11) is 3.98. The number of amides is 1. The van der Waals surface area contributed by atoms with E-state index in [1.54, 1.807) is 28.8 Å². The number of halogens is 1. The number of aromatic nitrogens is 2. The van der Waals surface area contributed by atoms with Crippen molar-refractivity contribution < 1.29 is 4.79 Å². The Bertz CT molecular complexity index is 881. The number of rotatable bonds is 7. The van der Waals surface area contributed by atoms with Crippen LogP contribution in [-0.4, -0.2) is 46.8 Å². The molecule has 0 saturated heterocycles. The Morgan fingerprint density at radius 2 is 2.04 bits per heavy atom. The fraction of sp³-hybridized carbons (Fsp3) is 0.421. The first kappa shape index (κ1) is 19.9. The van der Waals surface area contributed by atoms with E-state index in [1.807, 2.05) is 14.1 Å². The number of carbonyl (C=O) groups excluding carboxylic acids is 1. The third kappa shape index (κ3) is 5.12. The highest BCUT2D eigenvalue weighted by Crippen LogP contribution is 2.29. The molecule has 1 heterocycles. The Kier molecular flexibility index (Phi) is 6.57. The molecule has 1 aromatic carbocycles. The van der Waals surface area contributed by atoms with Crippen LogP contribution in [0.2, 0.25) is 5.02 Å². The second-order valence-corrected chi connectivity index (χ2v) is 8.18. The first-order valence-corrected chi connectivity index (χ1v) is 10.3. The minimum atomic E-state index is -0.224. The van der Waals surface area contributed by atoms with E-state index in [9.17, 15) is 9.59 Å². The van der Waals surface area contributed by atoms with Crippen molar-refractivity contribution in [2.24, 2.45) is 0 Å². The van der Waals surface area contributed by atoms with Gasteiger partial charge in [0.2, 0.25) is 5.91 Å². The van der Waals surface area contributed by atoms with Crippen LogP contribution in [0.25, 0.3) is 0 Å². The van der Waals surface area contributed by atoms with Crippen molar-refractivity contribution in [3.63, 3.8) is 0 Å². The molecule has 0 unspecified atom stereocenters. The zero-order valence-electron chi connectivity index (χ0n) is 15.5. The molecule has 1 N–H and O–H groups in total. The number of likely N-dealkylation sites (N-methyl/N-ethyl adjacent to an activating group) is 1. The van der Waals surface area contributed by atoms with Gasteiger partial charge in [-0.1, -0.05) is 23.4 Å². The third-order valence-electron chi connectivity index (χ3n) is 4.44. The molecular formula is C19H23ClN4O2S. The normalized spacial score (nSPS) is 13.0. The topological polar surface area (TPSA) is 67.2 Å². The van der Waals surface area contributed by atoms with Crippen molar-refractivity contribution in [2.75, 3.05) is 31.7 Å². The van der Waals surface area contributed by atoms with Gasteiger partial charge < -0.3 is 10.2 Å². The van der Waals surface area contributed by atoms with Crippen LogP contribution in [0.1, 0.15) is 17.7 Å². The number of hydrogen-bond donors (Lipinski definition) is 1. The van der Waals surface area contributed by atoms with E-state index in [0.29, 0.717) is 22.3 Å². The Hall–Kier alpha value is -1.83. The molecular weight excluding hydrogens is 384 g/mol. The summed E-state index contributed by atoms with van der Waals surface area (Å²) in [6, 6.07) is 6.97. The van der Waals surface area contributed by atoms with Gasteiger partial charge >= 0.3 is 5.69 Å². The first-order chi connectivity index (χ1) is 12.9. The monoisotopic (exact) mass is 406 g/mol. The number of hydrogen-bond acceptors (Lipinski definition) is 5. The molecule has 0 spiro atoms. The number of nitrogens with one attached hydrogen (secondary N) is 1. The summed E-state index contributed by atoms with van der Waals surface area (Å²) in [5.41, 5.74) is 2.68. The number of nitrogens with zero attached hydrogens (tertiary/aromatic N) is 3. The van der Waals surface area contributed by atoms with Crippen molar-refractivity contribution in [2.45, 2.75) is 30.8 Å². The largest absolute Gasteiger partial charge is 0.348 e. The number of fused-ring (bicyclic) bond motifs is 1. The highest BCUT2D eigenvalue weighted by molar-refractivity contribution is 8.00. The lowest BCUT2D eigenvalue weighted by Crippen LogP contribution is -2.31. The number of benzene rings is 1. The summed E-state index contributed by atoms with van der Waals surface area (Å²) < 4.78 is 1.79. The summed E-state index contributed by atoms with van der Waals surface area (Å²) in [4.78, 5) is 31.0. The van der Waals surface area contributed by atoms with Crippen molar-refractivity contribution in [1.82, 2.24) is 14.5 Å². The van der Waals surface area contributed by atoms with Gasteiger partial charge in [-0.15, -0.1) is 0 Å². The van der Waals surface area contributed by atoms with Gasteiger partial charge in [0.1, 0.15) is 5.03 Å². The Labute approximate surface area is 167 Å². The second kappa shape index (κ2) is 8.91. The lowest BCUT2D eigenvalue weighted by Gasteiger charge is -2.16. The van der Waals surface area contributed by atoms with E-state index in [1.165, 1.54) is 11.8 Å². The van der Waals surface area contributed by atoms with E-state index in [2.05, 4.69) is 15.2 Å². The summed E-state index contributed by atoms with van der Waals surface area (Å²) in [5, 5.41) is 4.15. The lowest BCUT2D eigenvalue weighted by atomic mass is 10.2. The molecule has 8 heteroatoms. The van der Waals surface area contributed by atoms with E-state index >= 15 is 0 Å². The number of anilines is 1. The van der Waals surface area contributed by atoms with Crippen LogP contribution in [0.3, 0.4) is 0 Å². The van der Waals surface area contributed by atoms with Crippen LogP contribution < -0.4 is 11.0 Å². The standard InChI is InChI=1S/C19H23ClN4O2S/c1-23(2)10-11-24-16-5-3-4-15(16)18(22-19(24)26)27-12-17(25)21-14-8-6-13(20)7-9-14/h6-9H,3-5,10-12H2,1-2H3,(H,21,25). The summed E-state index contributed by atoms with van der Waals surface area (Å²) >= 11 is 7.18. The molecule has 1 aromatic heterocycles. The average molecular weight is 407 g/mol. The third-order valence-corrected chi connectivity index (χ3v) is 5.71. The molecule has 144 valence electrons. The first-order valence-electron chi connectivity index (χ1n) is 8.89. The molecule has 27 heavy (non-hydrogen) atoms. The summed E-state index contributed by atoms with van der Waals surface area (Å²) in [5.74, 6) is 0.0797. The van der Waals surface area contributed by atoms with Crippen LogP contribution in [0.15, 0.2) is 34.1 Å². The molecule has 0 saturated carbocycles. The molecule has 1 aliphatic rings. The second-order valence-electron chi connectivity index (χ2n) is 6.78. The van der Waals surface area contributed by atoms with Gasteiger partial charge in [0, 0.05) is 35.1 Å². The SMILES string of the molecule is CN(C)CCn1c2c(c(SCC(=O)Nc3ccc(Cl)cc3)nc1=O)CCC2. The zero-order chi connectivity index (χ0) is 19.4. The van der Waals surface area contributed by atoms with Crippen molar-refractivity contribution >= 4 is 35.0 Å². The van der Waals surface area contributed by atoms with Crippen LogP contribution in [0.5, 0.6) is 0 Å². The molecule has 0 aliphatic heterocycles. The minimum Gasteiger partial charge on any atom is -0.325 e. The highest BCUT2D eigenvalue weighted by atomic mass is 35.5. The molecule has 1 amide bonds. The predicted molar refractivity (Wildman–Crippen MR) is 110 cm³/mol. The van der Waals surface area contributed by atoms with Crippen LogP contribution in [0, 0.1) is 0 Å². The zero-order valence-corrected chi connectivity index (χ0v) is 17.1. The van der Waals surface area contributed by atoms with Gasteiger partial charge in [0.15, 0.2) is 0 Å². The van der Waals surface area contributed by atoms with E-state index in [0.717, 1.165) is 37.1 Å². The summed E-state index contributed by atoms with van der Waals surface area (Å²) in [6.45, 7) is 1.44. The van der Waals surface area contributed by atoms with E-state index in [4.69, 9.17) is 11.6 Å². The van der Waals surface area contributed by atoms with Gasteiger partial charge in [-0.3, -0.25) is 9.36 Å². The maximum absolute atomic E-state index is 12.5. The molecule has 0 atom stereocenters. The minimum absolute atomic E-state index is 0.132. The molecule has 1 aliphatic carbocycles. The van der Waals surface area contributed by atoms with Gasteiger partial charge in [-0.2, -0.15) is 4.98 Å². The molecule has 6 nitrogen and oxygen atoms in total.